The molecule has 4 heteroatoms. The number of likely N-dealkylation sites (N-methyl/N-ethyl adjacent to an activating group) is 1. The Morgan fingerprint density at radius 1 is 1.19 bits per heavy atom. The quantitative estimate of drug-likeness (QED) is 0.939. The van der Waals surface area contributed by atoms with Gasteiger partial charge in [0.25, 0.3) is 5.91 Å². The molecule has 1 N–H and O–H groups in total. The summed E-state index contributed by atoms with van der Waals surface area (Å²) < 4.78 is 0. The summed E-state index contributed by atoms with van der Waals surface area (Å²) in [6.07, 6.45) is 0.871. The number of aliphatic hydroxyl groups is 1. The summed E-state index contributed by atoms with van der Waals surface area (Å²) in [6.45, 7) is 3.68. The predicted octanol–water partition coefficient (Wildman–Crippen LogP) is 2.58. The van der Waals surface area contributed by atoms with Crippen LogP contribution >= 0.6 is 0 Å². The third-order valence-electron chi connectivity index (χ3n) is 3.74. The molecular formula is C17H20N2O2. The maximum atomic E-state index is 12.5. The van der Waals surface area contributed by atoms with Crippen LogP contribution < -0.4 is 0 Å². The van der Waals surface area contributed by atoms with Crippen LogP contribution in [0.25, 0.3) is 0 Å². The number of aryl methyl sites for hydroxylation is 1. The van der Waals surface area contributed by atoms with E-state index >= 15 is 0 Å². The lowest BCUT2D eigenvalue weighted by Gasteiger charge is -2.29. The number of carbonyl (C=O) groups is 1. The molecule has 0 fully saturated rings. The first-order chi connectivity index (χ1) is 10.0. The third kappa shape index (κ3) is 3.28. The molecular weight excluding hydrogens is 264 g/mol. The lowest BCUT2D eigenvalue weighted by atomic mass is 10.0. The van der Waals surface area contributed by atoms with Gasteiger partial charge in [-0.25, -0.2) is 0 Å². The van der Waals surface area contributed by atoms with Crippen LogP contribution in [0.1, 0.15) is 34.6 Å². The fourth-order valence-corrected chi connectivity index (χ4v) is 2.20. The summed E-state index contributed by atoms with van der Waals surface area (Å²) in [4.78, 5) is 18.2. The van der Waals surface area contributed by atoms with Crippen molar-refractivity contribution in [3.63, 3.8) is 0 Å². The Kier molecular flexibility index (Phi) is 4.70. The molecule has 0 radical (unpaired) electrons. The zero-order valence-electron chi connectivity index (χ0n) is 12.5. The van der Waals surface area contributed by atoms with Gasteiger partial charge >= 0.3 is 0 Å². The highest BCUT2D eigenvalue weighted by Gasteiger charge is 2.26. The van der Waals surface area contributed by atoms with Gasteiger partial charge in [0, 0.05) is 13.2 Å². The summed E-state index contributed by atoms with van der Waals surface area (Å²) in [5.74, 6) is -0.185. The Morgan fingerprint density at radius 2 is 1.86 bits per heavy atom. The van der Waals surface area contributed by atoms with E-state index in [1.807, 2.05) is 50.2 Å². The Balaban J connectivity index is 2.18. The molecule has 1 amide bonds. The standard InChI is InChI=1S/C17H20N2O2/c1-12-8-7-11-18-15(12)17(21)19(3)13(2)16(20)14-9-5-4-6-10-14/h4-11,13,16,20H,1-3H3. The Bertz CT molecular complexity index is 613. The van der Waals surface area contributed by atoms with Gasteiger partial charge in [0.05, 0.1) is 12.1 Å². The molecule has 110 valence electrons. The van der Waals surface area contributed by atoms with Crippen molar-refractivity contribution in [2.75, 3.05) is 7.05 Å². The van der Waals surface area contributed by atoms with E-state index in [-0.39, 0.29) is 11.9 Å². The van der Waals surface area contributed by atoms with Crippen LogP contribution in [0.2, 0.25) is 0 Å². The molecule has 1 aromatic heterocycles. The maximum Gasteiger partial charge on any atom is 0.272 e. The molecule has 2 atom stereocenters. The van der Waals surface area contributed by atoms with Gasteiger partial charge in [0.2, 0.25) is 0 Å². The number of carbonyl (C=O) groups excluding carboxylic acids is 1. The normalized spacial score (nSPS) is 13.5. The molecule has 1 aromatic carbocycles. The fourth-order valence-electron chi connectivity index (χ4n) is 2.20. The maximum absolute atomic E-state index is 12.5. The van der Waals surface area contributed by atoms with Gasteiger partial charge in [-0.1, -0.05) is 36.4 Å². The highest BCUT2D eigenvalue weighted by Crippen LogP contribution is 2.21. The highest BCUT2D eigenvalue weighted by molar-refractivity contribution is 5.93. The van der Waals surface area contributed by atoms with Gasteiger partial charge in [0.15, 0.2) is 0 Å². The van der Waals surface area contributed by atoms with Crippen LogP contribution in [0.5, 0.6) is 0 Å². The third-order valence-corrected chi connectivity index (χ3v) is 3.74. The van der Waals surface area contributed by atoms with E-state index in [2.05, 4.69) is 4.98 Å². The zero-order valence-corrected chi connectivity index (χ0v) is 12.5. The minimum atomic E-state index is -0.732. The lowest BCUT2D eigenvalue weighted by Crippen LogP contribution is -2.39. The van der Waals surface area contributed by atoms with Crippen molar-refractivity contribution in [1.82, 2.24) is 9.88 Å². The summed E-state index contributed by atoms with van der Waals surface area (Å²) in [6, 6.07) is 12.7. The predicted molar refractivity (Wildman–Crippen MR) is 81.9 cm³/mol. The summed E-state index contributed by atoms with van der Waals surface area (Å²) >= 11 is 0. The van der Waals surface area contributed by atoms with E-state index in [0.717, 1.165) is 11.1 Å². The molecule has 0 aliphatic heterocycles. The Labute approximate surface area is 125 Å². The number of rotatable bonds is 4. The average molecular weight is 284 g/mol. The van der Waals surface area contributed by atoms with Gasteiger partial charge < -0.3 is 10.0 Å². The molecule has 4 nitrogen and oxygen atoms in total. The first kappa shape index (κ1) is 15.2. The molecule has 2 aromatic rings. The smallest absolute Gasteiger partial charge is 0.272 e. The molecule has 0 aliphatic carbocycles. The minimum Gasteiger partial charge on any atom is -0.386 e. The van der Waals surface area contributed by atoms with E-state index < -0.39 is 6.10 Å². The van der Waals surface area contributed by atoms with Gasteiger partial charge in [-0.15, -0.1) is 0 Å². The largest absolute Gasteiger partial charge is 0.386 e. The molecule has 0 bridgehead atoms. The lowest BCUT2D eigenvalue weighted by molar-refractivity contribution is 0.0481. The molecule has 0 saturated heterocycles. The van der Waals surface area contributed by atoms with E-state index in [1.54, 1.807) is 19.3 Å². The first-order valence-corrected chi connectivity index (χ1v) is 6.94. The summed E-state index contributed by atoms with van der Waals surface area (Å²) in [5.41, 5.74) is 2.05. The van der Waals surface area contributed by atoms with Gasteiger partial charge in [-0.3, -0.25) is 9.78 Å². The number of benzene rings is 1. The molecule has 2 rings (SSSR count). The Morgan fingerprint density at radius 3 is 2.48 bits per heavy atom. The number of hydrogen-bond acceptors (Lipinski definition) is 3. The van der Waals surface area contributed by atoms with Crippen LogP contribution in [0.15, 0.2) is 48.7 Å². The van der Waals surface area contributed by atoms with Crippen molar-refractivity contribution in [3.8, 4) is 0 Å². The molecule has 21 heavy (non-hydrogen) atoms. The topological polar surface area (TPSA) is 53.4 Å². The van der Waals surface area contributed by atoms with Crippen molar-refractivity contribution in [2.24, 2.45) is 0 Å². The van der Waals surface area contributed by atoms with Crippen molar-refractivity contribution in [2.45, 2.75) is 26.0 Å². The number of nitrogens with zero attached hydrogens (tertiary/aromatic N) is 2. The van der Waals surface area contributed by atoms with Crippen LogP contribution in [-0.2, 0) is 0 Å². The van der Waals surface area contributed by atoms with Gasteiger partial charge in [-0.2, -0.15) is 0 Å². The van der Waals surface area contributed by atoms with Crippen LogP contribution in [-0.4, -0.2) is 34.0 Å². The Hall–Kier alpha value is -2.20. The second-order valence-electron chi connectivity index (χ2n) is 5.18. The second-order valence-corrected chi connectivity index (χ2v) is 5.18. The molecule has 0 saturated carbocycles. The molecule has 1 heterocycles. The number of aromatic nitrogens is 1. The average Bonchev–Trinajstić information content (AvgIpc) is 2.53. The zero-order chi connectivity index (χ0) is 15.4. The molecule has 0 aliphatic rings. The number of aliphatic hydroxyl groups excluding tert-OH is 1. The van der Waals surface area contributed by atoms with Crippen LogP contribution in [0.3, 0.4) is 0 Å². The summed E-state index contributed by atoms with van der Waals surface area (Å²) in [7, 11) is 1.69. The first-order valence-electron chi connectivity index (χ1n) is 6.94. The number of hydrogen-bond donors (Lipinski definition) is 1. The van der Waals surface area contributed by atoms with Gasteiger partial charge in [-0.05, 0) is 31.0 Å². The van der Waals surface area contributed by atoms with Crippen LogP contribution in [0, 0.1) is 6.92 Å². The number of amides is 1. The SMILES string of the molecule is Cc1cccnc1C(=O)N(C)C(C)C(O)c1ccccc1. The highest BCUT2D eigenvalue weighted by atomic mass is 16.3. The van der Waals surface area contributed by atoms with E-state index in [4.69, 9.17) is 0 Å². The van der Waals surface area contributed by atoms with Crippen molar-refractivity contribution >= 4 is 5.91 Å². The van der Waals surface area contributed by atoms with E-state index in [1.165, 1.54) is 4.90 Å². The minimum absolute atomic E-state index is 0.185. The van der Waals surface area contributed by atoms with Crippen molar-refractivity contribution in [1.29, 1.82) is 0 Å². The van der Waals surface area contributed by atoms with Crippen molar-refractivity contribution < 1.29 is 9.90 Å². The number of pyridine rings is 1. The van der Waals surface area contributed by atoms with E-state index in [9.17, 15) is 9.90 Å². The van der Waals surface area contributed by atoms with Crippen molar-refractivity contribution in [3.05, 3.63) is 65.5 Å². The van der Waals surface area contributed by atoms with Crippen LogP contribution in [0.4, 0.5) is 0 Å². The fraction of sp³-hybridized carbons (Fsp3) is 0.294. The second kappa shape index (κ2) is 6.50. The summed E-state index contributed by atoms with van der Waals surface area (Å²) in [5, 5.41) is 10.4. The van der Waals surface area contributed by atoms with E-state index in [0.29, 0.717) is 5.69 Å². The monoisotopic (exact) mass is 284 g/mol. The van der Waals surface area contributed by atoms with Gasteiger partial charge in [0.1, 0.15) is 5.69 Å². The molecule has 0 spiro atoms. The molecule has 2 unspecified atom stereocenters.